The Bertz CT molecular complexity index is 1170. The van der Waals surface area contributed by atoms with Crippen LogP contribution in [-0.2, 0) is 27.9 Å². The number of ether oxygens (including phenoxy) is 2. The van der Waals surface area contributed by atoms with Gasteiger partial charge in [0.1, 0.15) is 30.2 Å². The quantitative estimate of drug-likeness (QED) is 0.363. The number of esters is 1. The Morgan fingerprint density at radius 2 is 1.59 bits per heavy atom. The Balaban J connectivity index is 2.15. The van der Waals surface area contributed by atoms with Crippen LogP contribution in [0.2, 0.25) is 36.3 Å². The average molecular weight is 580 g/mol. The highest BCUT2D eigenvalue weighted by atomic mass is 28.4. The fourth-order valence-corrected chi connectivity index (χ4v) is 6.66. The van der Waals surface area contributed by atoms with Crippen LogP contribution in [0.1, 0.15) is 61.1 Å². The molecule has 0 bridgehead atoms. The molecule has 39 heavy (non-hydrogen) atoms. The maximum atomic E-state index is 13.3. The van der Waals surface area contributed by atoms with Crippen molar-refractivity contribution < 1.29 is 27.9 Å². The Morgan fingerprint density at radius 3 is 2.08 bits per heavy atom. The van der Waals surface area contributed by atoms with E-state index in [0.29, 0.717) is 6.42 Å². The molecule has 1 N–H and O–H groups in total. The Hall–Kier alpha value is -2.13. The molecular formula is C27H45N3O7Si2. The molecule has 2 aliphatic rings. The molecule has 10 nitrogen and oxygen atoms in total. The van der Waals surface area contributed by atoms with Crippen molar-refractivity contribution in [1.29, 1.82) is 0 Å². The number of hydrogen-bond donors (Lipinski definition) is 1. The van der Waals surface area contributed by atoms with Gasteiger partial charge in [0.15, 0.2) is 22.9 Å². The number of carbonyl (C=O) groups is 2. The molecule has 3 heterocycles. The topological polar surface area (TPSA) is 118 Å². The van der Waals surface area contributed by atoms with Crippen molar-refractivity contribution in [1.82, 2.24) is 9.55 Å². The second kappa shape index (κ2) is 11.0. The van der Waals surface area contributed by atoms with E-state index in [-0.39, 0.29) is 21.8 Å². The standard InChI is InChI=1S/C27H45N3O7Si2/c1-17(31)28-19-15-16-30(25(33)29-19)24-23(37-39(10,11)27(5,6)7)22(36-38(8,9)26(2,3)4)21(35-24)18-13-12-14-20(32)34-18/h12,14-16,18,21-24H,13H2,1-11H3,(H,28,29,31,33)/t18-,21-,22-,23+,24-/m1/s1. The van der Waals surface area contributed by atoms with Crippen molar-refractivity contribution >= 4 is 34.3 Å². The molecule has 1 aromatic rings. The summed E-state index contributed by atoms with van der Waals surface area (Å²) in [4.78, 5) is 41.0. The largest absolute Gasteiger partial charge is 0.456 e. The summed E-state index contributed by atoms with van der Waals surface area (Å²) in [6.45, 7) is 22.9. The van der Waals surface area contributed by atoms with Crippen LogP contribution in [0.5, 0.6) is 0 Å². The van der Waals surface area contributed by atoms with E-state index in [0.717, 1.165) is 0 Å². The van der Waals surface area contributed by atoms with E-state index in [4.69, 9.17) is 18.3 Å². The van der Waals surface area contributed by atoms with Crippen LogP contribution in [0, 0.1) is 0 Å². The van der Waals surface area contributed by atoms with Gasteiger partial charge in [0.25, 0.3) is 0 Å². The van der Waals surface area contributed by atoms with E-state index >= 15 is 0 Å². The van der Waals surface area contributed by atoms with Gasteiger partial charge in [-0.25, -0.2) is 9.59 Å². The SMILES string of the molecule is CC(=O)Nc1ccn([C@@H]2O[C@H]([C@H]3CC=CC(=O)O3)[C@@H](O[Si](C)(C)C(C)(C)C)[C@@H]2O[Si](C)(C)C(C)(C)C)c(=O)n1. The number of amides is 1. The molecule has 0 aliphatic carbocycles. The van der Waals surface area contributed by atoms with Crippen molar-refractivity contribution in [3.63, 3.8) is 0 Å². The number of aromatic nitrogens is 2. The highest BCUT2D eigenvalue weighted by molar-refractivity contribution is 6.74. The van der Waals surface area contributed by atoms with Gasteiger partial charge in [-0.2, -0.15) is 4.98 Å². The van der Waals surface area contributed by atoms with Crippen molar-refractivity contribution in [3.05, 3.63) is 34.9 Å². The van der Waals surface area contributed by atoms with E-state index in [9.17, 15) is 14.4 Å². The third kappa shape index (κ3) is 6.97. The van der Waals surface area contributed by atoms with Crippen LogP contribution < -0.4 is 11.0 Å². The fraction of sp³-hybridized carbons (Fsp3) is 0.704. The molecule has 0 saturated carbocycles. The highest BCUT2D eigenvalue weighted by Gasteiger charge is 2.56. The van der Waals surface area contributed by atoms with Gasteiger partial charge in [-0.15, -0.1) is 0 Å². The molecule has 0 spiro atoms. The van der Waals surface area contributed by atoms with Crippen molar-refractivity contribution in [2.45, 2.75) is 122 Å². The zero-order chi connectivity index (χ0) is 29.6. The molecular weight excluding hydrogens is 534 g/mol. The first kappa shape index (κ1) is 31.4. The van der Waals surface area contributed by atoms with Crippen molar-refractivity contribution in [2.24, 2.45) is 0 Å². The molecule has 0 radical (unpaired) electrons. The Morgan fingerprint density at radius 1 is 1.03 bits per heavy atom. The molecule has 5 atom stereocenters. The lowest BCUT2D eigenvalue weighted by atomic mass is 10.0. The summed E-state index contributed by atoms with van der Waals surface area (Å²) in [5.41, 5.74) is -0.595. The van der Waals surface area contributed by atoms with Gasteiger partial charge in [-0.1, -0.05) is 47.6 Å². The number of hydrogen-bond acceptors (Lipinski definition) is 8. The van der Waals surface area contributed by atoms with Gasteiger partial charge in [-0.05, 0) is 42.3 Å². The summed E-state index contributed by atoms with van der Waals surface area (Å²) in [6, 6.07) is 1.55. The third-order valence-corrected chi connectivity index (χ3v) is 17.3. The molecule has 218 valence electrons. The van der Waals surface area contributed by atoms with Gasteiger partial charge >= 0.3 is 11.7 Å². The van der Waals surface area contributed by atoms with Crippen molar-refractivity contribution in [2.75, 3.05) is 5.32 Å². The maximum absolute atomic E-state index is 13.3. The molecule has 1 saturated heterocycles. The summed E-state index contributed by atoms with van der Waals surface area (Å²) in [5, 5.41) is 2.30. The first-order chi connectivity index (χ1) is 17.7. The van der Waals surface area contributed by atoms with Gasteiger partial charge in [0.05, 0.1) is 0 Å². The van der Waals surface area contributed by atoms with E-state index in [1.54, 1.807) is 18.3 Å². The molecule has 3 rings (SSSR count). The predicted octanol–water partition coefficient (Wildman–Crippen LogP) is 4.75. The zero-order valence-electron chi connectivity index (χ0n) is 25.2. The molecule has 2 aliphatic heterocycles. The monoisotopic (exact) mass is 579 g/mol. The second-order valence-electron chi connectivity index (χ2n) is 13.5. The number of nitrogens with one attached hydrogen (secondary N) is 1. The van der Waals surface area contributed by atoms with Gasteiger partial charge < -0.3 is 23.6 Å². The number of rotatable bonds is 7. The minimum Gasteiger partial charge on any atom is -0.456 e. The first-order valence-corrected chi connectivity index (χ1v) is 19.3. The lowest BCUT2D eigenvalue weighted by Crippen LogP contribution is -2.55. The van der Waals surface area contributed by atoms with Crippen LogP contribution in [0.25, 0.3) is 0 Å². The number of cyclic esters (lactones) is 1. The summed E-state index contributed by atoms with van der Waals surface area (Å²) >= 11 is 0. The lowest BCUT2D eigenvalue weighted by Gasteiger charge is -2.44. The molecule has 1 amide bonds. The van der Waals surface area contributed by atoms with Crippen LogP contribution in [0.3, 0.4) is 0 Å². The highest BCUT2D eigenvalue weighted by Crippen LogP contribution is 2.46. The molecule has 0 aromatic carbocycles. The number of nitrogens with zero attached hydrogens (tertiary/aromatic N) is 2. The number of carbonyl (C=O) groups excluding carboxylic acids is 2. The predicted molar refractivity (Wildman–Crippen MR) is 154 cm³/mol. The van der Waals surface area contributed by atoms with Gasteiger partial charge in [-0.3, -0.25) is 9.36 Å². The lowest BCUT2D eigenvalue weighted by molar-refractivity contribution is -0.157. The summed E-state index contributed by atoms with van der Waals surface area (Å²) in [6.07, 6.45) is 1.77. The molecule has 1 fully saturated rings. The average Bonchev–Trinajstić information content (AvgIpc) is 3.08. The third-order valence-electron chi connectivity index (χ3n) is 8.36. The van der Waals surface area contributed by atoms with E-state index in [2.05, 4.69) is 78.0 Å². The van der Waals surface area contributed by atoms with Gasteiger partial charge in [0, 0.05) is 25.6 Å². The molecule has 1 aromatic heterocycles. The normalized spacial score (nSPS) is 26.4. The van der Waals surface area contributed by atoms with Crippen LogP contribution in [-0.4, -0.2) is 62.5 Å². The van der Waals surface area contributed by atoms with Crippen LogP contribution in [0.15, 0.2) is 29.2 Å². The van der Waals surface area contributed by atoms with E-state index in [1.165, 1.54) is 17.6 Å². The summed E-state index contributed by atoms with van der Waals surface area (Å²) < 4.78 is 27.7. The number of anilines is 1. The summed E-state index contributed by atoms with van der Waals surface area (Å²) in [5.74, 6) is -0.615. The molecule has 12 heteroatoms. The molecule has 0 unspecified atom stereocenters. The van der Waals surface area contributed by atoms with E-state index in [1.807, 2.05) is 0 Å². The van der Waals surface area contributed by atoms with Crippen molar-refractivity contribution in [3.8, 4) is 0 Å². The summed E-state index contributed by atoms with van der Waals surface area (Å²) in [7, 11) is -4.79. The first-order valence-electron chi connectivity index (χ1n) is 13.5. The second-order valence-corrected chi connectivity index (χ2v) is 23.0. The fourth-order valence-electron chi connectivity index (χ4n) is 4.07. The Kier molecular flexibility index (Phi) is 8.89. The zero-order valence-corrected chi connectivity index (χ0v) is 27.2. The van der Waals surface area contributed by atoms with Crippen LogP contribution in [0.4, 0.5) is 5.82 Å². The maximum Gasteiger partial charge on any atom is 0.351 e. The van der Waals surface area contributed by atoms with Crippen LogP contribution >= 0.6 is 0 Å². The minimum atomic E-state index is -2.41. The minimum absolute atomic E-state index is 0.112. The van der Waals surface area contributed by atoms with Gasteiger partial charge in [0.2, 0.25) is 5.91 Å². The smallest absolute Gasteiger partial charge is 0.351 e. The Labute approximate surface area is 233 Å². The van der Waals surface area contributed by atoms with E-state index < -0.39 is 58.9 Å².